The highest BCUT2D eigenvalue weighted by atomic mass is 19.1. The predicted molar refractivity (Wildman–Crippen MR) is 110 cm³/mol. The normalized spacial score (nSPS) is 15.8. The van der Waals surface area contributed by atoms with Crippen LogP contribution in [0.1, 0.15) is 11.3 Å². The molecule has 1 fully saturated rings. The molecule has 0 atom stereocenters. The molecule has 0 saturated carbocycles. The number of benzene rings is 2. The lowest BCUT2D eigenvalue weighted by atomic mass is 10.2. The summed E-state index contributed by atoms with van der Waals surface area (Å²) in [5.74, 6) is 0.738. The molecular weight excluding hydrogens is 353 g/mol. The number of rotatable bonds is 6. The first-order valence-corrected chi connectivity index (χ1v) is 9.86. The quantitative estimate of drug-likeness (QED) is 0.650. The zero-order chi connectivity index (χ0) is 19.3. The number of fused-ring (bicyclic) bond motifs is 1. The lowest BCUT2D eigenvalue weighted by Crippen LogP contribution is -2.47. The Morgan fingerprint density at radius 2 is 1.75 bits per heavy atom. The molecule has 1 aromatic heterocycles. The summed E-state index contributed by atoms with van der Waals surface area (Å²) >= 11 is 0. The van der Waals surface area contributed by atoms with Crippen molar-refractivity contribution in [2.24, 2.45) is 0 Å². The molecule has 2 heterocycles. The van der Waals surface area contributed by atoms with Crippen molar-refractivity contribution in [3.8, 4) is 5.75 Å². The molecule has 0 unspecified atom stereocenters. The second kappa shape index (κ2) is 8.67. The smallest absolute Gasteiger partial charge is 0.128 e. The van der Waals surface area contributed by atoms with E-state index in [1.165, 1.54) is 6.07 Å². The number of nitrogens with zero attached hydrogens (tertiary/aromatic N) is 3. The fourth-order valence-electron chi connectivity index (χ4n) is 3.70. The van der Waals surface area contributed by atoms with Crippen LogP contribution in [0.4, 0.5) is 4.39 Å². The number of aromatic nitrogens is 1. The van der Waals surface area contributed by atoms with E-state index in [9.17, 15) is 4.39 Å². The van der Waals surface area contributed by atoms with Crippen molar-refractivity contribution in [2.75, 3.05) is 39.3 Å². The summed E-state index contributed by atoms with van der Waals surface area (Å²) in [6, 6.07) is 17.0. The molecule has 1 aliphatic heterocycles. The van der Waals surface area contributed by atoms with E-state index in [0.717, 1.165) is 67.2 Å². The number of hydrogen-bond acceptors (Lipinski definition) is 4. The van der Waals surface area contributed by atoms with E-state index in [1.54, 1.807) is 12.1 Å². The van der Waals surface area contributed by atoms with Gasteiger partial charge in [-0.1, -0.05) is 18.2 Å². The molecular formula is C23H26FN3O. The van der Waals surface area contributed by atoms with Crippen LogP contribution < -0.4 is 4.74 Å². The first kappa shape index (κ1) is 18.8. The van der Waals surface area contributed by atoms with Gasteiger partial charge < -0.3 is 4.74 Å². The van der Waals surface area contributed by atoms with Crippen molar-refractivity contribution in [3.63, 3.8) is 0 Å². The number of hydrogen-bond donors (Lipinski definition) is 0. The van der Waals surface area contributed by atoms with Gasteiger partial charge in [0.05, 0.1) is 5.52 Å². The van der Waals surface area contributed by atoms with E-state index in [0.29, 0.717) is 6.61 Å². The van der Waals surface area contributed by atoms with Crippen molar-refractivity contribution in [2.45, 2.75) is 13.5 Å². The van der Waals surface area contributed by atoms with E-state index in [1.807, 2.05) is 37.3 Å². The summed E-state index contributed by atoms with van der Waals surface area (Å²) in [7, 11) is 0. The molecule has 4 rings (SSSR count). The number of halogens is 1. The van der Waals surface area contributed by atoms with Crippen molar-refractivity contribution in [1.29, 1.82) is 0 Å². The van der Waals surface area contributed by atoms with Gasteiger partial charge in [0.1, 0.15) is 18.2 Å². The fraction of sp³-hybridized carbons (Fsp3) is 0.348. The standard InChI is InChI=1S/C23H26FN3O/c1-18-8-9-21-22(25-18)6-3-7-23(21)28-15-14-26-10-12-27(13-11-26)17-19-4-2-5-20(24)16-19/h2-9,16H,10-15,17H2,1H3. The van der Waals surface area contributed by atoms with Crippen LogP contribution in [-0.2, 0) is 6.54 Å². The first-order chi connectivity index (χ1) is 13.7. The molecule has 146 valence electrons. The minimum atomic E-state index is -0.160. The third-order valence-electron chi connectivity index (χ3n) is 5.26. The molecule has 1 saturated heterocycles. The summed E-state index contributed by atoms with van der Waals surface area (Å²) in [5, 5.41) is 1.06. The third kappa shape index (κ3) is 4.66. The van der Waals surface area contributed by atoms with Crippen molar-refractivity contribution >= 4 is 10.9 Å². The van der Waals surface area contributed by atoms with Crippen LogP contribution in [0, 0.1) is 12.7 Å². The topological polar surface area (TPSA) is 28.6 Å². The minimum absolute atomic E-state index is 0.160. The zero-order valence-corrected chi connectivity index (χ0v) is 16.3. The van der Waals surface area contributed by atoms with Gasteiger partial charge in [0, 0.05) is 50.3 Å². The van der Waals surface area contributed by atoms with Crippen LogP contribution in [-0.4, -0.2) is 54.1 Å². The molecule has 1 aliphatic rings. The summed E-state index contributed by atoms with van der Waals surface area (Å²) < 4.78 is 19.4. The summed E-state index contributed by atoms with van der Waals surface area (Å²) in [5.41, 5.74) is 3.03. The fourth-order valence-corrected chi connectivity index (χ4v) is 3.70. The second-order valence-corrected chi connectivity index (χ2v) is 7.37. The van der Waals surface area contributed by atoms with E-state index in [4.69, 9.17) is 4.74 Å². The molecule has 2 aromatic carbocycles. The monoisotopic (exact) mass is 379 g/mol. The Hall–Kier alpha value is -2.50. The van der Waals surface area contributed by atoms with Crippen LogP contribution >= 0.6 is 0 Å². The number of piperazine rings is 1. The molecule has 0 bridgehead atoms. The van der Waals surface area contributed by atoms with E-state index >= 15 is 0 Å². The van der Waals surface area contributed by atoms with Crippen LogP contribution in [0.15, 0.2) is 54.6 Å². The highest BCUT2D eigenvalue weighted by Gasteiger charge is 2.17. The number of ether oxygens (including phenoxy) is 1. The maximum atomic E-state index is 13.3. The van der Waals surface area contributed by atoms with Crippen molar-refractivity contribution < 1.29 is 9.13 Å². The second-order valence-electron chi connectivity index (χ2n) is 7.37. The lowest BCUT2D eigenvalue weighted by Gasteiger charge is -2.34. The van der Waals surface area contributed by atoms with Gasteiger partial charge >= 0.3 is 0 Å². The number of aryl methyl sites for hydroxylation is 1. The van der Waals surface area contributed by atoms with Crippen molar-refractivity contribution in [1.82, 2.24) is 14.8 Å². The van der Waals surface area contributed by atoms with Gasteiger partial charge in [0.15, 0.2) is 0 Å². The Morgan fingerprint density at radius 3 is 2.57 bits per heavy atom. The maximum Gasteiger partial charge on any atom is 0.128 e. The van der Waals surface area contributed by atoms with Gasteiger partial charge in [-0.15, -0.1) is 0 Å². The van der Waals surface area contributed by atoms with Crippen LogP contribution in [0.3, 0.4) is 0 Å². The van der Waals surface area contributed by atoms with E-state index in [2.05, 4.69) is 20.9 Å². The number of pyridine rings is 1. The minimum Gasteiger partial charge on any atom is -0.492 e. The van der Waals surface area contributed by atoms with Gasteiger partial charge in [-0.25, -0.2) is 4.39 Å². The highest BCUT2D eigenvalue weighted by Crippen LogP contribution is 2.24. The lowest BCUT2D eigenvalue weighted by molar-refractivity contribution is 0.113. The Morgan fingerprint density at radius 1 is 0.964 bits per heavy atom. The largest absolute Gasteiger partial charge is 0.492 e. The summed E-state index contributed by atoms with van der Waals surface area (Å²) in [6.07, 6.45) is 0. The Balaban J connectivity index is 1.25. The van der Waals surface area contributed by atoms with Gasteiger partial charge in [-0.3, -0.25) is 14.8 Å². The molecule has 5 heteroatoms. The molecule has 0 N–H and O–H groups in total. The van der Waals surface area contributed by atoms with Crippen LogP contribution in [0.2, 0.25) is 0 Å². The molecule has 0 spiro atoms. The van der Waals surface area contributed by atoms with Gasteiger partial charge in [0.2, 0.25) is 0 Å². The Kier molecular flexibility index (Phi) is 5.84. The van der Waals surface area contributed by atoms with Gasteiger partial charge in [-0.05, 0) is 48.9 Å². The highest BCUT2D eigenvalue weighted by molar-refractivity contribution is 5.85. The average Bonchev–Trinajstić information content (AvgIpc) is 2.69. The average molecular weight is 379 g/mol. The molecule has 0 amide bonds. The molecule has 28 heavy (non-hydrogen) atoms. The maximum absolute atomic E-state index is 13.3. The molecule has 3 aromatic rings. The molecule has 4 nitrogen and oxygen atoms in total. The van der Waals surface area contributed by atoms with Crippen LogP contribution in [0.25, 0.3) is 10.9 Å². The van der Waals surface area contributed by atoms with Gasteiger partial charge in [0.25, 0.3) is 0 Å². The predicted octanol–water partition coefficient (Wildman–Crippen LogP) is 3.88. The van der Waals surface area contributed by atoms with Crippen LogP contribution in [0.5, 0.6) is 5.75 Å². The van der Waals surface area contributed by atoms with Gasteiger partial charge in [-0.2, -0.15) is 0 Å². The molecule has 0 aliphatic carbocycles. The SMILES string of the molecule is Cc1ccc2c(OCCN3CCN(Cc4cccc(F)c4)CC3)cccc2n1. The Labute approximate surface area is 165 Å². The van der Waals surface area contributed by atoms with Crippen molar-refractivity contribution in [3.05, 3.63) is 71.7 Å². The third-order valence-corrected chi connectivity index (χ3v) is 5.26. The Bertz CT molecular complexity index is 938. The molecule has 0 radical (unpaired) electrons. The first-order valence-electron chi connectivity index (χ1n) is 9.86. The zero-order valence-electron chi connectivity index (χ0n) is 16.3. The van der Waals surface area contributed by atoms with E-state index < -0.39 is 0 Å². The van der Waals surface area contributed by atoms with E-state index in [-0.39, 0.29) is 5.82 Å². The summed E-state index contributed by atoms with van der Waals surface area (Å²) in [6.45, 7) is 8.39. The summed E-state index contributed by atoms with van der Waals surface area (Å²) in [4.78, 5) is 9.37.